The van der Waals surface area contributed by atoms with Gasteiger partial charge < -0.3 is 39.9 Å². The highest BCUT2D eigenvalue weighted by molar-refractivity contribution is 7.99. The maximum absolute atomic E-state index is 13.1. The van der Waals surface area contributed by atoms with Crippen LogP contribution in [0.5, 0.6) is 5.75 Å². The molecule has 2 aliphatic heterocycles. The molecule has 2 heterocycles. The van der Waals surface area contributed by atoms with Gasteiger partial charge in [-0.25, -0.2) is 4.79 Å². The van der Waals surface area contributed by atoms with E-state index in [1.807, 2.05) is 0 Å². The summed E-state index contributed by atoms with van der Waals surface area (Å²) in [5.41, 5.74) is 3.68. The van der Waals surface area contributed by atoms with Crippen molar-refractivity contribution in [2.24, 2.45) is 0 Å². The number of nitrogens with zero attached hydrogens (tertiary/aromatic N) is 1. The van der Waals surface area contributed by atoms with Gasteiger partial charge >= 0.3 is 5.97 Å². The minimum absolute atomic E-state index is 0.00454. The molecular weight excluding hydrogens is 692 g/mol. The summed E-state index contributed by atoms with van der Waals surface area (Å²) in [5.74, 6) is -0.653. The summed E-state index contributed by atoms with van der Waals surface area (Å²) in [6, 6.07) is 14.1. The lowest BCUT2D eigenvalue weighted by Gasteiger charge is -2.17. The predicted octanol–water partition coefficient (Wildman–Crippen LogP) is 3.86. The minimum Gasteiger partial charge on any atom is -0.508 e. The quantitative estimate of drug-likeness (QED) is 0.0471. The van der Waals surface area contributed by atoms with Gasteiger partial charge in [0.15, 0.2) is 5.43 Å². The number of amides is 3. The van der Waals surface area contributed by atoms with Crippen LogP contribution in [0.3, 0.4) is 0 Å². The van der Waals surface area contributed by atoms with Crippen LogP contribution in [0, 0.1) is 5.41 Å². The van der Waals surface area contributed by atoms with Crippen molar-refractivity contribution in [2.45, 2.75) is 19.3 Å². The van der Waals surface area contributed by atoms with Gasteiger partial charge in [-0.05, 0) is 47.5 Å². The van der Waals surface area contributed by atoms with E-state index in [9.17, 15) is 29.1 Å². The number of phenols is 1. The lowest BCUT2D eigenvalue weighted by molar-refractivity contribution is -0.197. The fourth-order valence-electron chi connectivity index (χ4n) is 5.36. The van der Waals surface area contributed by atoms with E-state index in [0.29, 0.717) is 87.5 Å². The van der Waals surface area contributed by atoms with Crippen molar-refractivity contribution in [3.05, 3.63) is 88.2 Å². The second-order valence-corrected chi connectivity index (χ2v) is 12.7. The van der Waals surface area contributed by atoms with Gasteiger partial charge in [0.1, 0.15) is 17.1 Å². The number of fused-ring (bicyclic) bond motifs is 2. The highest BCUT2D eigenvalue weighted by Gasteiger charge is 2.32. The third kappa shape index (κ3) is 9.84. The van der Waals surface area contributed by atoms with Crippen molar-refractivity contribution >= 4 is 52.6 Å². The van der Waals surface area contributed by atoms with Crippen molar-refractivity contribution in [2.75, 3.05) is 51.0 Å². The summed E-state index contributed by atoms with van der Waals surface area (Å²) in [5, 5.41) is 25.3. The lowest BCUT2D eigenvalue weighted by Crippen LogP contribution is -2.32. The van der Waals surface area contributed by atoms with Crippen LogP contribution >= 0.6 is 11.8 Å². The van der Waals surface area contributed by atoms with Crippen molar-refractivity contribution in [1.29, 1.82) is 5.41 Å². The van der Waals surface area contributed by atoms with Crippen molar-refractivity contribution in [3.8, 4) is 28.2 Å². The summed E-state index contributed by atoms with van der Waals surface area (Å²) < 4.78 is 17.1. The van der Waals surface area contributed by atoms with E-state index < -0.39 is 17.8 Å². The molecule has 272 valence electrons. The zero-order valence-electron chi connectivity index (χ0n) is 28.2. The topological polar surface area (TPSA) is 198 Å². The van der Waals surface area contributed by atoms with Crippen LogP contribution in [-0.2, 0) is 28.7 Å². The number of ether oxygens (including phenoxy) is 2. The Morgan fingerprint density at radius 1 is 0.923 bits per heavy atom. The summed E-state index contributed by atoms with van der Waals surface area (Å²) >= 11 is 1.46. The van der Waals surface area contributed by atoms with E-state index in [1.54, 1.807) is 30.3 Å². The first-order valence-corrected chi connectivity index (χ1v) is 17.6. The van der Waals surface area contributed by atoms with Crippen molar-refractivity contribution in [1.82, 2.24) is 15.7 Å². The molecule has 15 heteroatoms. The Kier molecular flexibility index (Phi) is 13.2. The summed E-state index contributed by atoms with van der Waals surface area (Å²) in [6.45, 7) is 6.10. The Balaban J connectivity index is 0.995. The molecule has 3 aliphatic rings. The molecule has 5 rings (SSSR count). The number of imide groups is 1. The molecule has 1 fully saturated rings. The zero-order valence-corrected chi connectivity index (χ0v) is 29.1. The number of hydrogen-bond donors (Lipinski definition) is 4. The second-order valence-electron chi connectivity index (χ2n) is 11.6. The first-order chi connectivity index (χ1) is 25.1. The molecule has 1 saturated heterocycles. The monoisotopic (exact) mass is 730 g/mol. The molecule has 1 aliphatic carbocycles. The fraction of sp³-hybridized carbons (Fsp3) is 0.297. The number of aromatic hydroxyl groups is 1. The third-order valence-electron chi connectivity index (χ3n) is 7.87. The average molecular weight is 731 g/mol. The van der Waals surface area contributed by atoms with Gasteiger partial charge in [0.2, 0.25) is 0 Å². The van der Waals surface area contributed by atoms with Crippen LogP contribution in [0.15, 0.2) is 76.1 Å². The Morgan fingerprint density at radius 2 is 1.65 bits per heavy atom. The maximum atomic E-state index is 13.1. The standard InChI is InChI=1S/C37H38N4O10S/c1-23(22-52-17-10-35(46)51-41-33(44)8-9-34(41)45)39-11-13-48-15-16-49-14-12-40-37(47)24-2-3-25(21-38)30(18-24)36-28-6-4-26(42)19-31(28)50-32-20-27(43)5-7-29(32)36/h2-7,18-21,38-39,42H,1,8-17,22H2,(H,40,47). The Hall–Kier alpha value is -5.51. The number of phenolic OH excluding ortho intramolecular Hbond substituents is 1. The molecule has 0 aromatic heterocycles. The molecule has 52 heavy (non-hydrogen) atoms. The van der Waals surface area contributed by atoms with Crippen LogP contribution < -0.4 is 16.1 Å². The Bertz CT molecular complexity index is 2000. The summed E-state index contributed by atoms with van der Waals surface area (Å²) in [7, 11) is 0. The molecule has 0 atom stereocenters. The molecular formula is C37H38N4O10S. The molecule has 0 bridgehead atoms. The number of carbonyl (C=O) groups excluding carboxylic acids is 4. The predicted molar refractivity (Wildman–Crippen MR) is 194 cm³/mol. The van der Waals surface area contributed by atoms with Gasteiger partial charge in [-0.15, -0.1) is 5.06 Å². The van der Waals surface area contributed by atoms with E-state index in [-0.39, 0.29) is 49.5 Å². The molecule has 0 unspecified atom stereocenters. The number of hydrogen-bond acceptors (Lipinski definition) is 13. The van der Waals surface area contributed by atoms with Crippen LogP contribution in [0.2, 0.25) is 0 Å². The molecule has 14 nitrogen and oxygen atoms in total. The minimum atomic E-state index is -0.634. The van der Waals surface area contributed by atoms with Gasteiger partial charge in [-0.1, -0.05) is 12.6 Å². The molecule has 3 amide bonds. The molecule has 0 saturated carbocycles. The first-order valence-electron chi connectivity index (χ1n) is 16.5. The lowest BCUT2D eigenvalue weighted by atomic mass is 9.90. The number of thioether (sulfide) groups is 1. The fourth-order valence-corrected chi connectivity index (χ4v) is 6.16. The molecule has 4 N–H and O–H groups in total. The van der Waals surface area contributed by atoms with Gasteiger partial charge in [0.05, 0.1) is 32.8 Å². The van der Waals surface area contributed by atoms with Crippen molar-refractivity contribution in [3.63, 3.8) is 0 Å². The van der Waals surface area contributed by atoms with Crippen LogP contribution in [-0.4, -0.2) is 91.1 Å². The Morgan fingerprint density at radius 3 is 2.38 bits per heavy atom. The van der Waals surface area contributed by atoms with E-state index >= 15 is 0 Å². The second kappa shape index (κ2) is 18.1. The zero-order chi connectivity index (χ0) is 37.0. The normalized spacial score (nSPS) is 12.7. The first kappa shape index (κ1) is 37.7. The van der Waals surface area contributed by atoms with Crippen molar-refractivity contribution < 1.29 is 43.0 Å². The van der Waals surface area contributed by atoms with Gasteiger partial charge in [-0.2, -0.15) is 11.8 Å². The summed E-state index contributed by atoms with van der Waals surface area (Å²) in [6.07, 6.45) is 1.37. The van der Waals surface area contributed by atoms with Crippen LogP contribution in [0.4, 0.5) is 0 Å². The molecule has 2 aromatic carbocycles. The van der Waals surface area contributed by atoms with E-state index in [2.05, 4.69) is 17.2 Å². The maximum Gasteiger partial charge on any atom is 0.334 e. The molecule has 2 aromatic rings. The number of benzene rings is 3. The summed E-state index contributed by atoms with van der Waals surface area (Å²) in [4.78, 5) is 64.9. The van der Waals surface area contributed by atoms with Gasteiger partial charge in [0.25, 0.3) is 17.7 Å². The van der Waals surface area contributed by atoms with Crippen LogP contribution in [0.25, 0.3) is 33.4 Å². The largest absolute Gasteiger partial charge is 0.508 e. The highest BCUT2D eigenvalue weighted by Crippen LogP contribution is 2.41. The highest BCUT2D eigenvalue weighted by atomic mass is 32.2. The van der Waals surface area contributed by atoms with E-state index in [0.717, 1.165) is 5.70 Å². The number of nitrogens with one attached hydrogen (secondary N) is 3. The Labute approximate surface area is 302 Å². The van der Waals surface area contributed by atoms with E-state index in [1.165, 1.54) is 42.2 Å². The number of carbonyl (C=O) groups is 4. The number of rotatable bonds is 19. The SMILES string of the molecule is C=C(CSCCC(=O)ON1C(=O)CCC1=O)NCCOCCOCCNC(=O)c1ccc(C=N)c(-c2c3ccc(=O)cc-3oc3cc(O)ccc23)c1. The smallest absolute Gasteiger partial charge is 0.334 e. The average Bonchev–Trinajstić information content (AvgIpc) is 3.44. The molecule has 0 radical (unpaired) electrons. The number of hydroxylamine groups is 2. The van der Waals surface area contributed by atoms with E-state index in [4.69, 9.17) is 24.1 Å². The van der Waals surface area contributed by atoms with Gasteiger partial charge in [-0.3, -0.25) is 19.2 Å². The third-order valence-corrected chi connectivity index (χ3v) is 8.91. The van der Waals surface area contributed by atoms with Gasteiger partial charge in [0, 0.05) is 83.6 Å². The molecule has 0 spiro atoms. The van der Waals surface area contributed by atoms with Crippen LogP contribution in [0.1, 0.15) is 35.2 Å².